The Hall–Kier alpha value is -0.950. The molecule has 1 aromatic carbocycles. The van der Waals surface area contributed by atoms with Crippen molar-refractivity contribution in [3.05, 3.63) is 34.1 Å². The van der Waals surface area contributed by atoms with E-state index in [0.717, 1.165) is 4.31 Å². The maximum Gasteiger partial charge on any atom is 0.259 e. The van der Waals surface area contributed by atoms with Gasteiger partial charge in [-0.05, 0) is 31.5 Å². The van der Waals surface area contributed by atoms with E-state index in [4.69, 9.17) is 0 Å². The zero-order chi connectivity index (χ0) is 13.7. The van der Waals surface area contributed by atoms with Gasteiger partial charge in [-0.2, -0.15) is 0 Å². The molecule has 0 N–H and O–H groups in total. The van der Waals surface area contributed by atoms with Crippen molar-refractivity contribution in [2.75, 3.05) is 0 Å². The van der Waals surface area contributed by atoms with Gasteiger partial charge in [0.05, 0.1) is 6.54 Å². The maximum absolute atomic E-state index is 12.9. The van der Waals surface area contributed by atoms with Gasteiger partial charge in [0.15, 0.2) is 4.75 Å². The van der Waals surface area contributed by atoms with Gasteiger partial charge >= 0.3 is 0 Å². The average Bonchev–Trinajstić information content (AvgIpc) is 2.26. The van der Waals surface area contributed by atoms with Crippen molar-refractivity contribution in [3.8, 4) is 0 Å². The van der Waals surface area contributed by atoms with Crippen molar-refractivity contribution in [1.29, 1.82) is 0 Å². The van der Waals surface area contributed by atoms with E-state index in [0.29, 0.717) is 10.0 Å². The first-order valence-corrected chi connectivity index (χ1v) is 7.42. The number of hydrogen-bond donors (Lipinski definition) is 0. The lowest BCUT2D eigenvalue weighted by Crippen LogP contribution is -2.66. The summed E-state index contributed by atoms with van der Waals surface area (Å²) >= 11 is 3.14. The number of rotatable bonds is 2. The van der Waals surface area contributed by atoms with E-state index in [1.54, 1.807) is 0 Å². The van der Waals surface area contributed by atoms with E-state index in [1.165, 1.54) is 32.0 Å². The van der Waals surface area contributed by atoms with Crippen LogP contribution in [0.3, 0.4) is 0 Å². The minimum Gasteiger partial charge on any atom is -0.272 e. The molecule has 0 aromatic heterocycles. The first-order valence-electron chi connectivity index (χ1n) is 5.18. The molecule has 0 unspecified atom stereocenters. The summed E-state index contributed by atoms with van der Waals surface area (Å²) in [5.74, 6) is -0.873. The van der Waals surface area contributed by atoms with Crippen LogP contribution >= 0.6 is 15.9 Å². The van der Waals surface area contributed by atoms with Crippen molar-refractivity contribution >= 4 is 31.9 Å². The van der Waals surface area contributed by atoms with E-state index in [2.05, 4.69) is 15.9 Å². The first-order chi connectivity index (χ1) is 8.18. The van der Waals surface area contributed by atoms with Crippen LogP contribution in [0.4, 0.5) is 4.39 Å². The smallest absolute Gasteiger partial charge is 0.259 e. The van der Waals surface area contributed by atoms with Crippen molar-refractivity contribution in [2.24, 2.45) is 0 Å². The molecule has 1 fully saturated rings. The Balaban J connectivity index is 2.30. The van der Waals surface area contributed by atoms with Gasteiger partial charge < -0.3 is 0 Å². The summed E-state index contributed by atoms with van der Waals surface area (Å²) in [5, 5.41) is 0. The first kappa shape index (κ1) is 13.5. The monoisotopic (exact) mass is 335 g/mol. The molecule has 1 heterocycles. The van der Waals surface area contributed by atoms with Crippen molar-refractivity contribution in [2.45, 2.75) is 25.1 Å². The van der Waals surface area contributed by atoms with Crippen LogP contribution in [0.15, 0.2) is 22.7 Å². The third-order valence-electron chi connectivity index (χ3n) is 3.01. The lowest BCUT2D eigenvalue weighted by Gasteiger charge is -2.43. The number of carbonyl (C=O) groups is 1. The predicted octanol–water partition coefficient (Wildman–Crippen LogP) is 2.04. The third-order valence-corrected chi connectivity index (χ3v) is 6.08. The molecule has 1 aromatic rings. The van der Waals surface area contributed by atoms with Gasteiger partial charge in [0.2, 0.25) is 0 Å². The highest BCUT2D eigenvalue weighted by Gasteiger charge is 2.59. The number of sulfonamides is 1. The van der Waals surface area contributed by atoms with Gasteiger partial charge in [-0.1, -0.05) is 22.0 Å². The molecule has 2 rings (SSSR count). The SMILES string of the molecule is CC1(C)C(=O)N(Cc2ccc(F)cc2Br)S1(=O)=O. The molecule has 4 nitrogen and oxygen atoms in total. The highest BCUT2D eigenvalue weighted by Crippen LogP contribution is 2.36. The van der Waals surface area contributed by atoms with E-state index in [-0.39, 0.29) is 6.54 Å². The highest BCUT2D eigenvalue weighted by molar-refractivity contribution is 9.10. The Morgan fingerprint density at radius 3 is 2.50 bits per heavy atom. The second kappa shape index (κ2) is 4.03. The fourth-order valence-corrected chi connectivity index (χ4v) is 3.70. The lowest BCUT2D eigenvalue weighted by atomic mass is 10.1. The number of hydrogen-bond acceptors (Lipinski definition) is 3. The second-order valence-corrected chi connectivity index (χ2v) is 7.83. The summed E-state index contributed by atoms with van der Waals surface area (Å²) in [6.07, 6.45) is 0. The van der Waals surface area contributed by atoms with Crippen molar-refractivity contribution < 1.29 is 17.6 Å². The molecule has 1 amide bonds. The summed E-state index contributed by atoms with van der Waals surface area (Å²) in [4.78, 5) is 11.7. The quantitative estimate of drug-likeness (QED) is 0.831. The molecular formula is C11H11BrFNO3S. The summed E-state index contributed by atoms with van der Waals surface area (Å²) in [7, 11) is -3.61. The minimum absolute atomic E-state index is 0.0779. The summed E-state index contributed by atoms with van der Waals surface area (Å²) < 4.78 is 36.6. The van der Waals surface area contributed by atoms with Crippen molar-refractivity contribution in [3.63, 3.8) is 0 Å². The molecule has 1 aliphatic heterocycles. The fourth-order valence-electron chi connectivity index (χ4n) is 1.72. The molecule has 7 heteroatoms. The number of amides is 1. The predicted molar refractivity (Wildman–Crippen MR) is 67.6 cm³/mol. The number of carbonyl (C=O) groups excluding carboxylic acids is 1. The van der Waals surface area contributed by atoms with E-state index < -0.39 is 26.5 Å². The molecule has 0 spiro atoms. The van der Waals surface area contributed by atoms with Gasteiger partial charge in [-0.25, -0.2) is 17.1 Å². The zero-order valence-electron chi connectivity index (χ0n) is 9.78. The summed E-state index contributed by atoms with van der Waals surface area (Å²) in [5.41, 5.74) is 0.545. The van der Waals surface area contributed by atoms with Crippen LogP contribution in [0.5, 0.6) is 0 Å². The third kappa shape index (κ3) is 1.76. The summed E-state index contributed by atoms with van der Waals surface area (Å²) in [6, 6.07) is 3.91. The second-order valence-electron chi connectivity index (χ2n) is 4.56. The minimum atomic E-state index is -3.61. The molecule has 18 heavy (non-hydrogen) atoms. The fraction of sp³-hybridized carbons (Fsp3) is 0.364. The standard InChI is InChI=1S/C11H11BrFNO3S/c1-11(2)10(15)14(18(11,16)17)6-7-3-4-8(13)5-9(7)12/h3-5H,6H2,1-2H3. The number of halogens is 2. The lowest BCUT2D eigenvalue weighted by molar-refractivity contribution is -0.132. The largest absolute Gasteiger partial charge is 0.272 e. The molecule has 0 radical (unpaired) electrons. The Morgan fingerprint density at radius 1 is 1.39 bits per heavy atom. The van der Waals surface area contributed by atoms with Crippen LogP contribution in [0.2, 0.25) is 0 Å². The van der Waals surface area contributed by atoms with Crippen LogP contribution < -0.4 is 0 Å². The molecule has 98 valence electrons. The Labute approximate surface area is 113 Å². The van der Waals surface area contributed by atoms with Gasteiger partial charge in [0.1, 0.15) is 5.82 Å². The Morgan fingerprint density at radius 2 is 2.00 bits per heavy atom. The normalized spacial score (nSPS) is 20.7. The average molecular weight is 336 g/mol. The number of benzene rings is 1. The molecular weight excluding hydrogens is 325 g/mol. The Bertz CT molecular complexity index is 627. The van der Waals surface area contributed by atoms with Gasteiger partial charge in [-0.3, -0.25) is 4.79 Å². The molecule has 0 atom stereocenters. The molecule has 1 saturated heterocycles. The van der Waals surface area contributed by atoms with Crippen molar-refractivity contribution in [1.82, 2.24) is 4.31 Å². The van der Waals surface area contributed by atoms with E-state index >= 15 is 0 Å². The van der Waals surface area contributed by atoms with E-state index in [1.807, 2.05) is 0 Å². The molecule has 1 aliphatic rings. The van der Waals surface area contributed by atoms with Crippen LogP contribution in [-0.2, 0) is 21.4 Å². The van der Waals surface area contributed by atoms with Crippen LogP contribution in [-0.4, -0.2) is 23.4 Å². The van der Waals surface area contributed by atoms with Crippen LogP contribution in [0, 0.1) is 5.82 Å². The van der Waals surface area contributed by atoms with Crippen LogP contribution in [0.25, 0.3) is 0 Å². The molecule has 0 bridgehead atoms. The van der Waals surface area contributed by atoms with Gasteiger partial charge in [0, 0.05) is 4.47 Å². The van der Waals surface area contributed by atoms with Gasteiger partial charge in [0.25, 0.3) is 15.9 Å². The maximum atomic E-state index is 12.9. The number of nitrogens with zero attached hydrogens (tertiary/aromatic N) is 1. The Kier molecular flexibility index (Phi) is 3.02. The van der Waals surface area contributed by atoms with Gasteiger partial charge in [-0.15, -0.1) is 0 Å². The topological polar surface area (TPSA) is 54.5 Å². The van der Waals surface area contributed by atoms with E-state index in [9.17, 15) is 17.6 Å². The van der Waals surface area contributed by atoms with Crippen LogP contribution in [0.1, 0.15) is 19.4 Å². The zero-order valence-corrected chi connectivity index (χ0v) is 12.2. The molecule has 0 saturated carbocycles. The summed E-state index contributed by atoms with van der Waals surface area (Å²) in [6.45, 7) is 2.67. The molecule has 0 aliphatic carbocycles. The highest BCUT2D eigenvalue weighted by atomic mass is 79.9.